The number of nitro groups is 1. The lowest BCUT2D eigenvalue weighted by Crippen LogP contribution is -2.19. The van der Waals surface area contributed by atoms with Crippen LogP contribution in [0.2, 0.25) is 0 Å². The average molecular weight is 236 g/mol. The van der Waals surface area contributed by atoms with Crippen molar-refractivity contribution in [2.75, 3.05) is 5.32 Å². The quantitative estimate of drug-likeness (QED) is 0.481. The maximum absolute atomic E-state index is 11.0. The van der Waals surface area contributed by atoms with Crippen LogP contribution in [0.25, 0.3) is 0 Å². The van der Waals surface area contributed by atoms with Gasteiger partial charge in [0.25, 0.3) is 0 Å². The molecule has 1 rings (SSSR count). The monoisotopic (exact) mass is 236 g/mol. The van der Waals surface area contributed by atoms with Crippen molar-refractivity contribution in [2.24, 2.45) is 0 Å². The van der Waals surface area contributed by atoms with Crippen LogP contribution in [0.15, 0.2) is 0 Å². The van der Waals surface area contributed by atoms with Gasteiger partial charge in [0.05, 0.1) is 11.0 Å². The van der Waals surface area contributed by atoms with E-state index in [9.17, 15) is 10.1 Å². The summed E-state index contributed by atoms with van der Waals surface area (Å²) < 4.78 is 1.56. The van der Waals surface area contributed by atoms with E-state index in [4.69, 9.17) is 6.42 Å². The van der Waals surface area contributed by atoms with Crippen LogP contribution < -0.4 is 5.32 Å². The average Bonchev–Trinajstić information content (AvgIpc) is 2.62. The van der Waals surface area contributed by atoms with Gasteiger partial charge in [0.1, 0.15) is 5.69 Å². The molecule has 92 valence electrons. The Hall–Kier alpha value is -2.03. The van der Waals surface area contributed by atoms with Crippen molar-refractivity contribution < 1.29 is 4.92 Å². The molecule has 0 saturated carbocycles. The maximum Gasteiger partial charge on any atom is 0.333 e. The van der Waals surface area contributed by atoms with Crippen molar-refractivity contribution in [1.82, 2.24) is 9.78 Å². The molecule has 1 heterocycles. The molecule has 0 spiro atoms. The van der Waals surface area contributed by atoms with Crippen LogP contribution in [-0.4, -0.2) is 20.7 Å². The summed E-state index contributed by atoms with van der Waals surface area (Å²) in [6.07, 6.45) is 6.04. The summed E-state index contributed by atoms with van der Waals surface area (Å²) in [6, 6.07) is -0.227. The number of hydrogen-bond donors (Lipinski definition) is 1. The summed E-state index contributed by atoms with van der Waals surface area (Å²) in [5.41, 5.74) is 0.395. The lowest BCUT2D eigenvalue weighted by molar-refractivity contribution is -0.384. The lowest BCUT2D eigenvalue weighted by Gasteiger charge is -2.12. The first kappa shape index (κ1) is 13.0. The standard InChI is InChI=1S/C11H16N4O2/c1-5-9(6-2)12-11-10(15(16)17)8(4)13-14(11)7-3/h1,9,12H,6-7H2,2-4H3. The molecule has 0 fully saturated rings. The Morgan fingerprint density at radius 1 is 1.65 bits per heavy atom. The molecule has 0 aliphatic carbocycles. The largest absolute Gasteiger partial charge is 0.351 e. The third-order valence-corrected chi connectivity index (χ3v) is 2.50. The molecule has 0 aliphatic heterocycles. The fraction of sp³-hybridized carbons (Fsp3) is 0.545. The molecule has 0 aromatic carbocycles. The SMILES string of the molecule is C#CC(CC)Nc1c([N+](=O)[O-])c(C)nn1CC. The van der Waals surface area contributed by atoms with Gasteiger partial charge in [0.15, 0.2) is 0 Å². The number of nitrogens with one attached hydrogen (secondary N) is 1. The smallest absolute Gasteiger partial charge is 0.333 e. The Balaban J connectivity index is 3.20. The van der Waals surface area contributed by atoms with Crippen molar-refractivity contribution in [3.05, 3.63) is 15.8 Å². The first-order chi connectivity index (χ1) is 8.04. The molecule has 1 atom stereocenters. The number of nitrogens with zero attached hydrogens (tertiary/aromatic N) is 3. The molecular weight excluding hydrogens is 220 g/mol. The van der Waals surface area contributed by atoms with Crippen molar-refractivity contribution in [3.63, 3.8) is 0 Å². The van der Waals surface area contributed by atoms with Gasteiger partial charge < -0.3 is 5.32 Å². The zero-order valence-corrected chi connectivity index (χ0v) is 10.2. The third kappa shape index (κ3) is 2.56. The van der Waals surface area contributed by atoms with E-state index in [2.05, 4.69) is 16.3 Å². The Morgan fingerprint density at radius 3 is 2.71 bits per heavy atom. The van der Waals surface area contributed by atoms with E-state index in [1.807, 2.05) is 13.8 Å². The molecule has 6 heteroatoms. The summed E-state index contributed by atoms with van der Waals surface area (Å²) in [7, 11) is 0. The molecule has 0 saturated heterocycles. The van der Waals surface area contributed by atoms with Crippen LogP contribution in [0, 0.1) is 29.4 Å². The topological polar surface area (TPSA) is 73.0 Å². The highest BCUT2D eigenvalue weighted by Crippen LogP contribution is 2.28. The first-order valence-electron chi connectivity index (χ1n) is 5.49. The molecule has 6 nitrogen and oxygen atoms in total. The van der Waals surface area contributed by atoms with Crippen LogP contribution in [0.1, 0.15) is 26.0 Å². The van der Waals surface area contributed by atoms with Gasteiger partial charge in [-0.3, -0.25) is 10.1 Å². The van der Waals surface area contributed by atoms with Crippen molar-refractivity contribution in [3.8, 4) is 12.3 Å². The molecule has 0 radical (unpaired) electrons. The molecular formula is C11H16N4O2. The first-order valence-corrected chi connectivity index (χ1v) is 5.49. The highest BCUT2D eigenvalue weighted by molar-refractivity contribution is 5.60. The highest BCUT2D eigenvalue weighted by atomic mass is 16.6. The van der Waals surface area contributed by atoms with E-state index < -0.39 is 4.92 Å². The van der Waals surface area contributed by atoms with Crippen LogP contribution >= 0.6 is 0 Å². The third-order valence-electron chi connectivity index (χ3n) is 2.50. The van der Waals surface area contributed by atoms with Crippen molar-refractivity contribution in [2.45, 2.75) is 39.8 Å². The molecule has 17 heavy (non-hydrogen) atoms. The summed E-state index contributed by atoms with van der Waals surface area (Å²) in [5, 5.41) is 18.1. The van der Waals surface area contributed by atoms with Gasteiger partial charge in [-0.25, -0.2) is 4.68 Å². The number of hydrogen-bond acceptors (Lipinski definition) is 4. The van der Waals surface area contributed by atoms with Crippen LogP contribution in [0.4, 0.5) is 11.5 Å². The number of aromatic nitrogens is 2. The van der Waals surface area contributed by atoms with Gasteiger partial charge in [-0.05, 0) is 20.3 Å². The van der Waals surface area contributed by atoms with Crippen LogP contribution in [-0.2, 0) is 6.54 Å². The molecule has 0 bridgehead atoms. The molecule has 0 amide bonds. The molecule has 0 aliphatic rings. The Kier molecular flexibility index (Phi) is 4.10. The zero-order valence-electron chi connectivity index (χ0n) is 10.2. The number of terminal acetylenes is 1. The number of anilines is 1. The summed E-state index contributed by atoms with van der Waals surface area (Å²) in [5.74, 6) is 2.94. The molecule has 1 aromatic heterocycles. The van der Waals surface area contributed by atoms with E-state index >= 15 is 0 Å². The second-order valence-electron chi connectivity index (χ2n) is 3.63. The fourth-order valence-corrected chi connectivity index (χ4v) is 1.59. The minimum absolute atomic E-state index is 0.000509. The zero-order chi connectivity index (χ0) is 13.0. The summed E-state index contributed by atoms with van der Waals surface area (Å²) in [4.78, 5) is 10.6. The molecule has 1 N–H and O–H groups in total. The van der Waals surface area contributed by atoms with Gasteiger partial charge in [-0.2, -0.15) is 5.10 Å². The van der Waals surface area contributed by atoms with Crippen LogP contribution in [0.3, 0.4) is 0 Å². The Labute approximate surface area is 100 Å². The predicted molar refractivity (Wildman–Crippen MR) is 65.8 cm³/mol. The van der Waals surface area contributed by atoms with E-state index in [1.165, 1.54) is 0 Å². The van der Waals surface area contributed by atoms with Crippen molar-refractivity contribution in [1.29, 1.82) is 0 Å². The van der Waals surface area contributed by atoms with Crippen molar-refractivity contribution >= 4 is 11.5 Å². The van der Waals surface area contributed by atoms with Gasteiger partial charge in [-0.1, -0.05) is 12.8 Å². The van der Waals surface area contributed by atoms with E-state index in [1.54, 1.807) is 11.6 Å². The van der Waals surface area contributed by atoms with E-state index in [0.717, 1.165) is 0 Å². The van der Waals surface area contributed by atoms with Crippen LogP contribution in [0.5, 0.6) is 0 Å². The number of aryl methyl sites for hydroxylation is 2. The summed E-state index contributed by atoms with van der Waals surface area (Å²) >= 11 is 0. The Bertz CT molecular complexity index is 459. The summed E-state index contributed by atoms with van der Waals surface area (Å²) in [6.45, 7) is 5.96. The normalized spacial score (nSPS) is 11.9. The predicted octanol–water partition coefficient (Wildman–Crippen LogP) is 1.94. The molecule has 1 unspecified atom stereocenters. The minimum atomic E-state index is -0.430. The van der Waals surface area contributed by atoms with Gasteiger partial charge in [0.2, 0.25) is 5.82 Å². The Morgan fingerprint density at radius 2 is 2.29 bits per heavy atom. The maximum atomic E-state index is 11.0. The van der Waals surface area contributed by atoms with E-state index in [-0.39, 0.29) is 11.7 Å². The number of rotatable bonds is 5. The second-order valence-corrected chi connectivity index (χ2v) is 3.63. The van der Waals surface area contributed by atoms with Gasteiger partial charge in [-0.15, -0.1) is 6.42 Å². The molecule has 1 aromatic rings. The minimum Gasteiger partial charge on any atom is -0.351 e. The van der Waals surface area contributed by atoms with Gasteiger partial charge in [0, 0.05) is 6.54 Å². The van der Waals surface area contributed by atoms with E-state index in [0.29, 0.717) is 24.5 Å². The lowest BCUT2D eigenvalue weighted by atomic mass is 10.2. The fourth-order valence-electron chi connectivity index (χ4n) is 1.59. The highest BCUT2D eigenvalue weighted by Gasteiger charge is 2.25. The second kappa shape index (κ2) is 5.34. The van der Waals surface area contributed by atoms with Gasteiger partial charge >= 0.3 is 5.69 Å².